The lowest BCUT2D eigenvalue weighted by atomic mass is 10.0. The Morgan fingerprint density at radius 1 is 1.04 bits per heavy atom. The van der Waals surface area contributed by atoms with Gasteiger partial charge in [-0.3, -0.25) is 4.90 Å². The second kappa shape index (κ2) is 8.28. The van der Waals surface area contributed by atoms with Crippen LogP contribution in [0.5, 0.6) is 0 Å². The van der Waals surface area contributed by atoms with Gasteiger partial charge < -0.3 is 4.90 Å². The highest BCUT2D eigenvalue weighted by molar-refractivity contribution is 6.17. The fourth-order valence-electron chi connectivity index (χ4n) is 4.09. The zero-order chi connectivity index (χ0) is 18.6. The molecule has 2 aromatic carbocycles. The predicted octanol–water partition coefficient (Wildman–Crippen LogP) is 5.39. The Morgan fingerprint density at radius 2 is 1.74 bits per heavy atom. The summed E-state index contributed by atoms with van der Waals surface area (Å²) < 4.78 is 0. The molecule has 0 aliphatic carbocycles. The number of hydrogen-bond acceptors (Lipinski definition) is 3. The van der Waals surface area contributed by atoms with Crippen LogP contribution in [0.3, 0.4) is 0 Å². The monoisotopic (exact) mass is 379 g/mol. The maximum atomic E-state index is 6.13. The largest absolute Gasteiger partial charge is 0.371 e. The van der Waals surface area contributed by atoms with Gasteiger partial charge in [-0.1, -0.05) is 55.5 Å². The fraction of sp³-hybridized carbons (Fsp3) is 0.348. The molecule has 0 unspecified atom stereocenters. The molecule has 3 aromatic rings. The molecule has 0 spiro atoms. The van der Waals surface area contributed by atoms with Crippen LogP contribution in [0.1, 0.15) is 19.8 Å². The summed E-state index contributed by atoms with van der Waals surface area (Å²) >= 11 is 6.13. The number of fused-ring (bicyclic) bond motifs is 1. The van der Waals surface area contributed by atoms with Crippen LogP contribution in [-0.4, -0.2) is 41.6 Å². The molecule has 4 heteroatoms. The van der Waals surface area contributed by atoms with Crippen molar-refractivity contribution in [3.63, 3.8) is 0 Å². The molecular formula is C23H26ClN3. The molecule has 0 amide bonds. The fourth-order valence-corrected chi connectivity index (χ4v) is 4.45. The standard InChI is InChI=1S/C23H26ClN3/c1-2-26(17-24)19-12-14-27(15-13-19)23-16-22(18-8-4-3-5-9-18)25-21-11-7-6-10-20(21)23/h3-11,16,19H,2,12-15,17H2,1H3. The van der Waals surface area contributed by atoms with E-state index in [9.17, 15) is 0 Å². The van der Waals surface area contributed by atoms with Gasteiger partial charge in [0.1, 0.15) is 0 Å². The number of aromatic nitrogens is 1. The van der Waals surface area contributed by atoms with E-state index in [1.54, 1.807) is 0 Å². The summed E-state index contributed by atoms with van der Waals surface area (Å²) in [4.78, 5) is 9.82. The Morgan fingerprint density at radius 3 is 2.44 bits per heavy atom. The summed E-state index contributed by atoms with van der Waals surface area (Å²) in [5.41, 5.74) is 4.57. The third-order valence-corrected chi connectivity index (χ3v) is 5.95. The summed E-state index contributed by atoms with van der Waals surface area (Å²) in [5, 5.41) is 1.24. The first-order valence-corrected chi connectivity index (χ1v) is 10.3. The van der Waals surface area contributed by atoms with Crippen molar-refractivity contribution in [1.29, 1.82) is 0 Å². The Labute approximate surface area is 166 Å². The Hall–Kier alpha value is -2.10. The zero-order valence-electron chi connectivity index (χ0n) is 15.8. The molecular weight excluding hydrogens is 354 g/mol. The minimum Gasteiger partial charge on any atom is -0.371 e. The maximum absolute atomic E-state index is 6.13. The number of alkyl halides is 1. The average molecular weight is 380 g/mol. The lowest BCUT2D eigenvalue weighted by Crippen LogP contribution is -2.44. The van der Waals surface area contributed by atoms with Gasteiger partial charge in [0.15, 0.2) is 0 Å². The molecule has 4 rings (SSSR count). The molecule has 1 fully saturated rings. The van der Waals surface area contributed by atoms with E-state index in [0.717, 1.165) is 43.7 Å². The number of pyridine rings is 1. The van der Waals surface area contributed by atoms with Crippen molar-refractivity contribution in [1.82, 2.24) is 9.88 Å². The van der Waals surface area contributed by atoms with Gasteiger partial charge >= 0.3 is 0 Å². The normalized spacial score (nSPS) is 15.6. The van der Waals surface area contributed by atoms with Crippen molar-refractivity contribution >= 4 is 28.2 Å². The number of rotatable bonds is 5. The first-order valence-electron chi connectivity index (χ1n) is 9.80. The van der Waals surface area contributed by atoms with E-state index in [1.807, 2.05) is 6.07 Å². The van der Waals surface area contributed by atoms with E-state index in [-0.39, 0.29) is 0 Å². The maximum Gasteiger partial charge on any atom is 0.0740 e. The molecule has 0 N–H and O–H groups in total. The number of halogens is 1. The van der Waals surface area contributed by atoms with Gasteiger partial charge in [-0.15, -0.1) is 11.6 Å². The molecule has 140 valence electrons. The Bertz CT molecular complexity index is 885. The van der Waals surface area contributed by atoms with Crippen molar-refractivity contribution in [3.05, 3.63) is 60.7 Å². The number of nitrogens with zero attached hydrogens (tertiary/aromatic N) is 3. The van der Waals surface area contributed by atoms with E-state index in [0.29, 0.717) is 12.0 Å². The van der Waals surface area contributed by atoms with Crippen molar-refractivity contribution in [2.45, 2.75) is 25.8 Å². The molecule has 2 heterocycles. The van der Waals surface area contributed by atoms with Crippen LogP contribution in [0.15, 0.2) is 60.7 Å². The van der Waals surface area contributed by atoms with Gasteiger partial charge in [0, 0.05) is 35.8 Å². The van der Waals surface area contributed by atoms with E-state index in [4.69, 9.17) is 16.6 Å². The molecule has 1 saturated heterocycles. The SMILES string of the molecule is CCN(CCl)C1CCN(c2cc(-c3ccccc3)nc3ccccc23)CC1. The molecule has 3 nitrogen and oxygen atoms in total. The van der Waals surface area contributed by atoms with Crippen molar-refractivity contribution < 1.29 is 0 Å². The lowest BCUT2D eigenvalue weighted by molar-refractivity contribution is 0.206. The smallest absolute Gasteiger partial charge is 0.0740 e. The van der Waals surface area contributed by atoms with Crippen LogP contribution in [0.25, 0.3) is 22.2 Å². The molecule has 1 aliphatic rings. The Kier molecular flexibility index (Phi) is 5.61. The third kappa shape index (κ3) is 3.80. The highest BCUT2D eigenvalue weighted by Gasteiger charge is 2.24. The second-order valence-corrected chi connectivity index (χ2v) is 7.39. The van der Waals surface area contributed by atoms with Gasteiger partial charge in [-0.2, -0.15) is 0 Å². The summed E-state index contributed by atoms with van der Waals surface area (Å²) in [5.74, 6) is 0. The Balaban J connectivity index is 1.67. The number of anilines is 1. The zero-order valence-corrected chi connectivity index (χ0v) is 16.6. The van der Waals surface area contributed by atoms with Gasteiger partial charge in [-0.25, -0.2) is 4.98 Å². The van der Waals surface area contributed by atoms with Gasteiger partial charge in [0.25, 0.3) is 0 Å². The second-order valence-electron chi connectivity index (χ2n) is 7.15. The van der Waals surface area contributed by atoms with Crippen LogP contribution in [0.2, 0.25) is 0 Å². The highest BCUT2D eigenvalue weighted by Crippen LogP contribution is 2.33. The molecule has 0 radical (unpaired) electrons. The molecule has 0 bridgehead atoms. The van der Waals surface area contributed by atoms with Gasteiger partial charge in [0.2, 0.25) is 0 Å². The van der Waals surface area contributed by atoms with E-state index < -0.39 is 0 Å². The number of benzene rings is 2. The van der Waals surface area contributed by atoms with E-state index >= 15 is 0 Å². The summed E-state index contributed by atoms with van der Waals surface area (Å²) in [6.45, 7) is 5.32. The molecule has 1 aromatic heterocycles. The molecule has 1 aliphatic heterocycles. The lowest BCUT2D eigenvalue weighted by Gasteiger charge is -2.38. The van der Waals surface area contributed by atoms with Gasteiger partial charge in [0.05, 0.1) is 17.2 Å². The van der Waals surface area contributed by atoms with E-state index in [2.05, 4.69) is 71.3 Å². The number of piperidine rings is 1. The van der Waals surface area contributed by atoms with E-state index in [1.165, 1.54) is 16.6 Å². The first-order chi connectivity index (χ1) is 13.3. The molecule has 27 heavy (non-hydrogen) atoms. The van der Waals surface area contributed by atoms with Crippen molar-refractivity contribution in [3.8, 4) is 11.3 Å². The van der Waals surface area contributed by atoms with Crippen molar-refractivity contribution in [2.24, 2.45) is 0 Å². The predicted molar refractivity (Wildman–Crippen MR) is 116 cm³/mol. The minimum absolute atomic E-state index is 0.588. The van der Waals surface area contributed by atoms with Crippen LogP contribution in [0.4, 0.5) is 5.69 Å². The summed E-state index contributed by atoms with van der Waals surface area (Å²) in [6.07, 6.45) is 2.30. The number of hydrogen-bond donors (Lipinski definition) is 0. The number of para-hydroxylation sites is 1. The average Bonchev–Trinajstić information content (AvgIpc) is 2.75. The third-order valence-electron chi connectivity index (χ3n) is 5.65. The van der Waals surface area contributed by atoms with Gasteiger partial charge in [-0.05, 0) is 31.5 Å². The van der Waals surface area contributed by atoms with Crippen LogP contribution < -0.4 is 4.90 Å². The highest BCUT2D eigenvalue weighted by atomic mass is 35.5. The molecule has 0 atom stereocenters. The summed E-state index contributed by atoms with van der Waals surface area (Å²) in [6, 6.07) is 22.4. The van der Waals surface area contributed by atoms with Crippen LogP contribution in [0, 0.1) is 0 Å². The first kappa shape index (κ1) is 18.3. The summed E-state index contributed by atoms with van der Waals surface area (Å²) in [7, 11) is 0. The minimum atomic E-state index is 0.588. The quantitative estimate of drug-likeness (QED) is 0.437. The topological polar surface area (TPSA) is 19.4 Å². The molecule has 0 saturated carbocycles. The van der Waals surface area contributed by atoms with Crippen LogP contribution >= 0.6 is 11.6 Å². The van der Waals surface area contributed by atoms with Crippen LogP contribution in [-0.2, 0) is 0 Å². The van der Waals surface area contributed by atoms with Crippen molar-refractivity contribution in [2.75, 3.05) is 30.5 Å².